The standard InChI is InChI=1S/C15H24N4O6.C12H20N4O6/c1-10(20)7-9-17(16-11(2)21)15(24)19-13(14(23)25-4)6-5-8-18(19)12(3)22;1-8(17)14-15(7-5-10(18)19)12(21)16-9(11(20)22-2)4-3-6-13-16/h13H,5-9H2,1-4H3,(H,16,21);9,13H,3-7H2,1-2H3,(H,14,17)(H,18,19)/t13-;9-/m00/s1. The van der Waals surface area contributed by atoms with Crippen LogP contribution in [0.3, 0.4) is 0 Å². The summed E-state index contributed by atoms with van der Waals surface area (Å²) in [4.78, 5) is 105. The Kier molecular flexibility index (Phi) is 16.6. The van der Waals surface area contributed by atoms with Crippen LogP contribution in [0.4, 0.5) is 9.59 Å². The third-order valence-electron chi connectivity index (χ3n) is 6.65. The average Bonchev–Trinajstić information content (AvgIpc) is 3.02. The van der Waals surface area contributed by atoms with Crippen molar-refractivity contribution in [2.45, 2.75) is 78.3 Å². The van der Waals surface area contributed by atoms with Crippen LogP contribution < -0.4 is 16.3 Å². The molecule has 0 unspecified atom stereocenters. The molecule has 0 aromatic heterocycles. The summed E-state index contributed by atoms with van der Waals surface area (Å²) in [5.74, 6) is -3.98. The molecule has 2 saturated heterocycles. The van der Waals surface area contributed by atoms with E-state index in [9.17, 15) is 43.2 Å². The predicted molar refractivity (Wildman–Crippen MR) is 159 cm³/mol. The Bertz CT molecular complexity index is 1200. The van der Waals surface area contributed by atoms with E-state index >= 15 is 0 Å². The van der Waals surface area contributed by atoms with E-state index in [1.807, 2.05) is 0 Å². The molecule has 0 aromatic rings. The summed E-state index contributed by atoms with van der Waals surface area (Å²) >= 11 is 0. The van der Waals surface area contributed by atoms with Crippen molar-refractivity contribution in [1.82, 2.24) is 41.3 Å². The highest BCUT2D eigenvalue weighted by atomic mass is 16.5. The predicted octanol–water partition coefficient (Wildman–Crippen LogP) is -1.08. The maximum absolute atomic E-state index is 12.9. The van der Waals surface area contributed by atoms with Crippen molar-refractivity contribution >= 4 is 53.5 Å². The van der Waals surface area contributed by atoms with Crippen molar-refractivity contribution in [3.63, 3.8) is 0 Å². The molecule has 0 radical (unpaired) electrons. The SMILES string of the molecule is COC(=O)[C@@H]1CCCN(C(C)=O)N1C(=O)N(CCC(C)=O)NC(C)=O.COC(=O)[C@@H]1CCCNN1C(=O)N(CCC(=O)O)NC(C)=O. The smallest absolute Gasteiger partial charge is 0.358 e. The number of aliphatic carboxylic acids is 1. The van der Waals surface area contributed by atoms with Gasteiger partial charge in [0.1, 0.15) is 11.8 Å². The largest absolute Gasteiger partial charge is 0.481 e. The second-order valence-electron chi connectivity index (χ2n) is 10.4. The molecule has 2 fully saturated rings. The van der Waals surface area contributed by atoms with Crippen molar-refractivity contribution in [2.24, 2.45) is 0 Å². The first-order valence-electron chi connectivity index (χ1n) is 14.7. The number of carboxylic acids is 1. The number of nitrogens with zero attached hydrogens (tertiary/aromatic N) is 5. The van der Waals surface area contributed by atoms with Crippen molar-refractivity contribution in [3.05, 3.63) is 0 Å². The molecule has 47 heavy (non-hydrogen) atoms. The molecule has 0 saturated carbocycles. The number of methoxy groups -OCH3 is 2. The fraction of sp³-hybridized carbons (Fsp3) is 0.667. The van der Waals surface area contributed by atoms with E-state index in [-0.39, 0.29) is 38.3 Å². The summed E-state index contributed by atoms with van der Waals surface area (Å²) in [6, 6.07) is -3.30. The van der Waals surface area contributed by atoms with Gasteiger partial charge in [0.25, 0.3) is 0 Å². The van der Waals surface area contributed by atoms with Gasteiger partial charge in [-0.05, 0) is 32.6 Å². The van der Waals surface area contributed by atoms with E-state index in [2.05, 4.69) is 21.0 Å². The number of carboxylic acid groups (broad SMARTS) is 1. The number of urea groups is 2. The van der Waals surface area contributed by atoms with Gasteiger partial charge in [-0.2, -0.15) is 0 Å². The normalized spacial score (nSPS) is 17.2. The summed E-state index contributed by atoms with van der Waals surface area (Å²) in [6.45, 7) is 5.48. The maximum Gasteiger partial charge on any atom is 0.358 e. The van der Waals surface area contributed by atoms with Gasteiger partial charge in [-0.3, -0.25) is 34.8 Å². The molecule has 4 N–H and O–H groups in total. The number of esters is 2. The summed E-state index contributed by atoms with van der Waals surface area (Å²) in [6.07, 6.45) is 1.61. The molecule has 2 aliphatic heterocycles. The van der Waals surface area contributed by atoms with Gasteiger partial charge in [0.15, 0.2) is 6.04 Å². The number of nitrogens with one attached hydrogen (secondary N) is 3. The fourth-order valence-electron chi connectivity index (χ4n) is 4.54. The van der Waals surface area contributed by atoms with E-state index in [0.29, 0.717) is 32.2 Å². The van der Waals surface area contributed by atoms with Gasteiger partial charge in [0.05, 0.1) is 33.7 Å². The number of amides is 7. The highest BCUT2D eigenvalue weighted by Gasteiger charge is 2.42. The number of carbonyl (C=O) groups is 9. The minimum absolute atomic E-state index is 0.0167. The summed E-state index contributed by atoms with van der Waals surface area (Å²) in [5, 5.41) is 13.7. The Morgan fingerprint density at radius 3 is 1.77 bits per heavy atom. The molecule has 0 spiro atoms. The number of Topliss-reactive ketones (excluding diaryl/α,β-unsaturated/α-hetero) is 1. The quantitative estimate of drug-likeness (QED) is 0.177. The molecule has 2 heterocycles. The number of rotatable bonds is 8. The second-order valence-corrected chi connectivity index (χ2v) is 10.4. The van der Waals surface area contributed by atoms with Crippen LogP contribution in [0, 0.1) is 0 Å². The van der Waals surface area contributed by atoms with Gasteiger partial charge in [0.2, 0.25) is 17.7 Å². The van der Waals surface area contributed by atoms with E-state index < -0.39 is 59.8 Å². The number of ketones is 1. The molecule has 2 atom stereocenters. The summed E-state index contributed by atoms with van der Waals surface area (Å²) in [5.41, 5.74) is 7.36. The molecule has 20 nitrogen and oxygen atoms in total. The lowest BCUT2D eigenvalue weighted by Crippen LogP contribution is -2.65. The minimum Gasteiger partial charge on any atom is -0.481 e. The number of hydrazine groups is 4. The highest BCUT2D eigenvalue weighted by molar-refractivity contribution is 5.88. The molecule has 0 aromatic carbocycles. The average molecular weight is 673 g/mol. The van der Waals surface area contributed by atoms with Crippen LogP contribution in [0.1, 0.15) is 66.2 Å². The molecular weight excluding hydrogens is 628 g/mol. The van der Waals surface area contributed by atoms with Crippen molar-refractivity contribution in [3.8, 4) is 0 Å². The van der Waals surface area contributed by atoms with Crippen LogP contribution in [-0.4, -0.2) is 136 Å². The number of ether oxygens (including phenoxy) is 2. The van der Waals surface area contributed by atoms with E-state index in [1.165, 1.54) is 41.9 Å². The van der Waals surface area contributed by atoms with Crippen LogP contribution in [0.25, 0.3) is 0 Å². The lowest BCUT2D eigenvalue weighted by Gasteiger charge is -2.43. The minimum atomic E-state index is -1.11. The highest BCUT2D eigenvalue weighted by Crippen LogP contribution is 2.21. The van der Waals surface area contributed by atoms with Gasteiger partial charge in [-0.15, -0.1) is 0 Å². The lowest BCUT2D eigenvalue weighted by atomic mass is 10.1. The zero-order valence-electron chi connectivity index (χ0n) is 27.4. The summed E-state index contributed by atoms with van der Waals surface area (Å²) in [7, 11) is 2.41. The Balaban J connectivity index is 0.000000474. The Morgan fingerprint density at radius 2 is 1.28 bits per heavy atom. The van der Waals surface area contributed by atoms with Crippen molar-refractivity contribution in [1.29, 1.82) is 0 Å². The van der Waals surface area contributed by atoms with Crippen molar-refractivity contribution < 1.29 is 57.7 Å². The van der Waals surface area contributed by atoms with Gasteiger partial charge < -0.3 is 14.6 Å². The van der Waals surface area contributed by atoms with Crippen LogP contribution in [0.15, 0.2) is 0 Å². The van der Waals surface area contributed by atoms with Crippen molar-refractivity contribution in [2.75, 3.05) is 40.4 Å². The molecule has 2 rings (SSSR count). The van der Waals surface area contributed by atoms with Gasteiger partial charge in [0, 0.05) is 40.3 Å². The van der Waals surface area contributed by atoms with E-state index in [1.54, 1.807) is 0 Å². The monoisotopic (exact) mass is 672 g/mol. The molecule has 0 bridgehead atoms. The van der Waals surface area contributed by atoms with Crippen LogP contribution in [0.5, 0.6) is 0 Å². The topological polar surface area (TPSA) is 245 Å². The summed E-state index contributed by atoms with van der Waals surface area (Å²) < 4.78 is 9.38. The zero-order valence-corrected chi connectivity index (χ0v) is 27.4. The molecule has 0 aliphatic carbocycles. The van der Waals surface area contributed by atoms with Crippen LogP contribution >= 0.6 is 0 Å². The lowest BCUT2D eigenvalue weighted by molar-refractivity contribution is -0.165. The molecule has 20 heteroatoms. The first-order chi connectivity index (χ1) is 22.0. The third kappa shape index (κ3) is 12.7. The number of hydrogen-bond donors (Lipinski definition) is 4. The maximum atomic E-state index is 12.9. The van der Waals surface area contributed by atoms with E-state index in [0.717, 1.165) is 25.0 Å². The first-order valence-corrected chi connectivity index (χ1v) is 14.7. The molecule has 264 valence electrons. The van der Waals surface area contributed by atoms with Crippen LogP contribution in [0.2, 0.25) is 0 Å². The number of carbonyl (C=O) groups excluding carboxylic acids is 8. The van der Waals surface area contributed by atoms with Gasteiger partial charge >= 0.3 is 30.0 Å². The van der Waals surface area contributed by atoms with Gasteiger partial charge in [-0.25, -0.2) is 49.6 Å². The molecular formula is C27H44N8O12. The second kappa shape index (κ2) is 19.5. The zero-order chi connectivity index (χ0) is 35.8. The fourth-order valence-corrected chi connectivity index (χ4v) is 4.54. The third-order valence-corrected chi connectivity index (χ3v) is 6.65. The van der Waals surface area contributed by atoms with Crippen LogP contribution in [-0.2, 0) is 43.0 Å². The van der Waals surface area contributed by atoms with Gasteiger partial charge in [-0.1, -0.05) is 0 Å². The Labute approximate surface area is 271 Å². The Morgan fingerprint density at radius 1 is 0.766 bits per heavy atom. The van der Waals surface area contributed by atoms with E-state index in [4.69, 9.17) is 9.84 Å². The molecule has 2 aliphatic rings. The first kappa shape index (κ1) is 40.0. The molecule has 7 amide bonds. The number of hydrogen-bond acceptors (Lipinski definition) is 12. The Hall–Kier alpha value is -5.01.